The second kappa shape index (κ2) is 6.77. The van der Waals surface area contributed by atoms with Crippen LogP contribution in [0.1, 0.15) is 19.8 Å². The molecule has 0 saturated heterocycles. The van der Waals surface area contributed by atoms with Gasteiger partial charge in [0.05, 0.1) is 4.90 Å². The molecule has 1 aliphatic carbocycles. The smallest absolute Gasteiger partial charge is 0.175 e. The highest BCUT2D eigenvalue weighted by atomic mass is 32.2. The fraction of sp³-hybridized carbons (Fsp3) is 0.600. The van der Waals surface area contributed by atoms with E-state index in [-0.39, 0.29) is 17.1 Å². The number of rotatable bonds is 7. The molecule has 0 bridgehead atoms. The summed E-state index contributed by atoms with van der Waals surface area (Å²) in [6.07, 6.45) is 2.98. The van der Waals surface area contributed by atoms with Crippen molar-refractivity contribution in [1.82, 2.24) is 5.32 Å². The van der Waals surface area contributed by atoms with Gasteiger partial charge in [-0.2, -0.15) is 0 Å². The van der Waals surface area contributed by atoms with Gasteiger partial charge in [0.15, 0.2) is 9.84 Å². The van der Waals surface area contributed by atoms with Crippen LogP contribution in [0.5, 0.6) is 5.75 Å². The Balaban J connectivity index is 2.04. The summed E-state index contributed by atoms with van der Waals surface area (Å²) >= 11 is 0. The zero-order valence-electron chi connectivity index (χ0n) is 12.7. The number of hydrogen-bond acceptors (Lipinski definition) is 5. The average Bonchev–Trinajstić information content (AvgIpc) is 2.43. The van der Waals surface area contributed by atoms with Crippen molar-refractivity contribution in [3.8, 4) is 5.75 Å². The third kappa shape index (κ3) is 3.96. The SMILES string of the molecule is CCCOC1C(NC)CC1Oc1cccc(S(C)(=O)=O)c1. The Hall–Kier alpha value is -1.11. The molecule has 0 radical (unpaired) electrons. The van der Waals surface area contributed by atoms with Gasteiger partial charge >= 0.3 is 0 Å². The zero-order chi connectivity index (χ0) is 15.5. The van der Waals surface area contributed by atoms with E-state index < -0.39 is 9.84 Å². The third-order valence-electron chi connectivity index (χ3n) is 3.66. The Morgan fingerprint density at radius 1 is 1.38 bits per heavy atom. The summed E-state index contributed by atoms with van der Waals surface area (Å²) in [6, 6.07) is 6.91. The van der Waals surface area contributed by atoms with E-state index >= 15 is 0 Å². The number of benzene rings is 1. The van der Waals surface area contributed by atoms with Crippen LogP contribution in [0.3, 0.4) is 0 Å². The molecule has 1 aromatic carbocycles. The molecular formula is C15H23NO4S. The number of sulfone groups is 1. The van der Waals surface area contributed by atoms with Crippen LogP contribution in [-0.2, 0) is 14.6 Å². The van der Waals surface area contributed by atoms with Crippen molar-refractivity contribution in [3.05, 3.63) is 24.3 Å². The van der Waals surface area contributed by atoms with E-state index in [1.54, 1.807) is 24.3 Å². The molecule has 0 aliphatic heterocycles. The largest absolute Gasteiger partial charge is 0.488 e. The summed E-state index contributed by atoms with van der Waals surface area (Å²) in [5, 5.41) is 3.21. The van der Waals surface area contributed by atoms with Gasteiger partial charge in [0, 0.05) is 25.3 Å². The molecule has 6 heteroatoms. The van der Waals surface area contributed by atoms with Crippen molar-refractivity contribution in [2.45, 2.75) is 42.9 Å². The van der Waals surface area contributed by atoms with Crippen LogP contribution in [0, 0.1) is 0 Å². The second-order valence-electron chi connectivity index (χ2n) is 5.37. The van der Waals surface area contributed by atoms with Crippen LogP contribution in [0.25, 0.3) is 0 Å². The van der Waals surface area contributed by atoms with Crippen LogP contribution in [0.15, 0.2) is 29.2 Å². The van der Waals surface area contributed by atoms with Crippen molar-refractivity contribution >= 4 is 9.84 Å². The van der Waals surface area contributed by atoms with Crippen molar-refractivity contribution in [3.63, 3.8) is 0 Å². The molecular weight excluding hydrogens is 290 g/mol. The lowest BCUT2D eigenvalue weighted by Gasteiger charge is -2.43. The number of nitrogens with one attached hydrogen (secondary N) is 1. The fourth-order valence-electron chi connectivity index (χ4n) is 2.41. The highest BCUT2D eigenvalue weighted by Crippen LogP contribution is 2.30. The first kappa shape index (κ1) is 16.3. The molecule has 5 nitrogen and oxygen atoms in total. The summed E-state index contributed by atoms with van der Waals surface area (Å²) in [6.45, 7) is 2.77. The standard InChI is InChI=1S/C15H23NO4S/c1-4-8-19-15-13(16-2)10-14(15)20-11-6-5-7-12(9-11)21(3,17)18/h5-7,9,13-16H,4,8,10H2,1-3H3. The number of ether oxygens (including phenoxy) is 2. The molecule has 0 aromatic heterocycles. The minimum Gasteiger partial charge on any atom is -0.488 e. The average molecular weight is 313 g/mol. The van der Waals surface area contributed by atoms with Crippen LogP contribution < -0.4 is 10.1 Å². The molecule has 118 valence electrons. The first-order chi connectivity index (χ1) is 9.95. The number of hydrogen-bond donors (Lipinski definition) is 1. The predicted molar refractivity (Wildman–Crippen MR) is 81.5 cm³/mol. The Bertz CT molecular complexity index is 573. The van der Waals surface area contributed by atoms with Crippen molar-refractivity contribution < 1.29 is 17.9 Å². The molecule has 0 spiro atoms. The summed E-state index contributed by atoms with van der Waals surface area (Å²) in [7, 11) is -1.31. The van der Waals surface area contributed by atoms with Gasteiger partial charge in [-0.3, -0.25) is 0 Å². The summed E-state index contributed by atoms with van der Waals surface area (Å²) in [5.41, 5.74) is 0. The Morgan fingerprint density at radius 3 is 2.76 bits per heavy atom. The van der Waals surface area contributed by atoms with E-state index in [4.69, 9.17) is 9.47 Å². The van der Waals surface area contributed by atoms with Gasteiger partial charge in [-0.05, 0) is 31.7 Å². The quantitative estimate of drug-likeness (QED) is 0.829. The Morgan fingerprint density at radius 2 is 2.14 bits per heavy atom. The van der Waals surface area contributed by atoms with E-state index in [1.807, 2.05) is 7.05 Å². The summed E-state index contributed by atoms with van der Waals surface area (Å²) in [4.78, 5) is 0.274. The highest BCUT2D eigenvalue weighted by Gasteiger charge is 2.43. The molecule has 0 amide bonds. The van der Waals surface area contributed by atoms with Crippen LogP contribution >= 0.6 is 0 Å². The van der Waals surface area contributed by atoms with Gasteiger partial charge in [-0.15, -0.1) is 0 Å². The zero-order valence-corrected chi connectivity index (χ0v) is 13.5. The van der Waals surface area contributed by atoms with Gasteiger partial charge in [0.1, 0.15) is 18.0 Å². The van der Waals surface area contributed by atoms with Crippen molar-refractivity contribution in [2.24, 2.45) is 0 Å². The molecule has 1 saturated carbocycles. The Labute approximate surface area is 126 Å². The first-order valence-electron chi connectivity index (χ1n) is 7.21. The molecule has 1 aliphatic rings. The molecule has 3 atom stereocenters. The fourth-order valence-corrected chi connectivity index (χ4v) is 3.07. The maximum absolute atomic E-state index is 11.6. The maximum atomic E-state index is 11.6. The van der Waals surface area contributed by atoms with Gasteiger partial charge in [0.25, 0.3) is 0 Å². The molecule has 1 aromatic rings. The normalized spacial score (nSPS) is 25.4. The lowest BCUT2D eigenvalue weighted by atomic mass is 9.85. The third-order valence-corrected chi connectivity index (χ3v) is 4.77. The minimum absolute atomic E-state index is 0.0110. The van der Waals surface area contributed by atoms with Crippen molar-refractivity contribution in [2.75, 3.05) is 19.9 Å². The highest BCUT2D eigenvalue weighted by molar-refractivity contribution is 7.90. The van der Waals surface area contributed by atoms with E-state index in [0.717, 1.165) is 12.8 Å². The van der Waals surface area contributed by atoms with Crippen LogP contribution in [-0.4, -0.2) is 46.6 Å². The maximum Gasteiger partial charge on any atom is 0.175 e. The van der Waals surface area contributed by atoms with E-state index in [2.05, 4.69) is 12.2 Å². The van der Waals surface area contributed by atoms with Gasteiger partial charge in [0.2, 0.25) is 0 Å². The van der Waals surface area contributed by atoms with E-state index in [1.165, 1.54) is 6.26 Å². The van der Waals surface area contributed by atoms with Crippen LogP contribution in [0.2, 0.25) is 0 Å². The van der Waals surface area contributed by atoms with E-state index in [9.17, 15) is 8.42 Å². The molecule has 1 N–H and O–H groups in total. The lowest BCUT2D eigenvalue weighted by molar-refractivity contribution is -0.106. The van der Waals surface area contributed by atoms with Gasteiger partial charge in [-0.1, -0.05) is 13.0 Å². The molecule has 0 heterocycles. The molecule has 1 fully saturated rings. The van der Waals surface area contributed by atoms with Gasteiger partial charge < -0.3 is 14.8 Å². The summed E-state index contributed by atoms with van der Waals surface area (Å²) in [5.74, 6) is 0.572. The van der Waals surface area contributed by atoms with Crippen molar-refractivity contribution in [1.29, 1.82) is 0 Å². The van der Waals surface area contributed by atoms with E-state index in [0.29, 0.717) is 18.4 Å². The predicted octanol–water partition coefficient (Wildman–Crippen LogP) is 1.62. The monoisotopic (exact) mass is 313 g/mol. The molecule has 2 rings (SSSR count). The lowest BCUT2D eigenvalue weighted by Crippen LogP contribution is -2.60. The van der Waals surface area contributed by atoms with Gasteiger partial charge in [-0.25, -0.2) is 8.42 Å². The van der Waals surface area contributed by atoms with Crippen LogP contribution in [0.4, 0.5) is 0 Å². The second-order valence-corrected chi connectivity index (χ2v) is 7.39. The number of likely N-dealkylation sites (N-methyl/N-ethyl adjacent to an activating group) is 1. The minimum atomic E-state index is -3.22. The first-order valence-corrected chi connectivity index (χ1v) is 9.10. The molecule has 3 unspecified atom stereocenters. The Kier molecular flexibility index (Phi) is 5.24. The topological polar surface area (TPSA) is 64.6 Å². The molecule has 21 heavy (non-hydrogen) atoms. The summed E-state index contributed by atoms with van der Waals surface area (Å²) < 4.78 is 34.8.